The summed E-state index contributed by atoms with van der Waals surface area (Å²) in [5, 5.41) is 0. The second-order valence-corrected chi connectivity index (χ2v) is 19.8. The zero-order valence-electron chi connectivity index (χ0n) is 34.5. The number of aldehydes is 2. The Kier molecular flexibility index (Phi) is 9.02. The first-order valence-corrected chi connectivity index (χ1v) is 23.3. The number of rotatable bonds is 9. The maximum atomic E-state index is 11.9. The van der Waals surface area contributed by atoms with E-state index >= 15 is 0 Å². The van der Waals surface area contributed by atoms with Gasteiger partial charge in [0.05, 0.1) is 20.6 Å². The van der Waals surface area contributed by atoms with Crippen molar-refractivity contribution in [1.29, 1.82) is 0 Å². The second-order valence-electron chi connectivity index (χ2n) is 16.6. The van der Waals surface area contributed by atoms with Gasteiger partial charge >= 0.3 is 0 Å². The molecule has 0 saturated heterocycles. The predicted molar refractivity (Wildman–Crippen MR) is 261 cm³/mol. The molecule has 0 aliphatic heterocycles. The first kappa shape index (κ1) is 38.4. The number of fused-ring (bicyclic) bond motifs is 7. The minimum atomic E-state index is -0.735. The smallest absolute Gasteiger partial charge is 0.160 e. The third-order valence-electron chi connectivity index (χ3n) is 13.1. The molecule has 298 valence electrons. The lowest BCUT2D eigenvalue weighted by Gasteiger charge is -2.40. The van der Waals surface area contributed by atoms with E-state index in [1.54, 1.807) is 0 Å². The van der Waals surface area contributed by atoms with E-state index in [4.69, 9.17) is 0 Å². The molecule has 5 heteroatoms. The third-order valence-corrected chi connectivity index (χ3v) is 16.5. The molecule has 9 aromatic rings. The molecule has 2 aliphatic carbocycles. The zero-order valence-corrected chi connectivity index (χ0v) is 36.9. The van der Waals surface area contributed by atoms with E-state index in [-0.39, 0.29) is 0 Å². The number of carbonyl (C=O) groups excluding carboxylic acids is 2. The van der Waals surface area contributed by atoms with Crippen LogP contribution in [0.15, 0.2) is 164 Å². The minimum absolute atomic E-state index is 0.713. The topological polar surface area (TPSA) is 34.1 Å². The van der Waals surface area contributed by atoms with Gasteiger partial charge in [0.25, 0.3) is 0 Å². The van der Waals surface area contributed by atoms with Gasteiger partial charge in [0.1, 0.15) is 0 Å². The van der Waals surface area contributed by atoms with Crippen molar-refractivity contribution in [2.24, 2.45) is 0 Å². The fourth-order valence-electron chi connectivity index (χ4n) is 10.2. The van der Waals surface area contributed by atoms with Crippen molar-refractivity contribution in [3.05, 3.63) is 241 Å². The van der Waals surface area contributed by atoms with E-state index in [1.165, 1.54) is 105 Å². The highest BCUT2D eigenvalue weighted by Gasteiger charge is 2.57. The van der Waals surface area contributed by atoms with Crippen LogP contribution in [0, 0.1) is 20.8 Å². The van der Waals surface area contributed by atoms with Gasteiger partial charge < -0.3 is 0 Å². The van der Waals surface area contributed by atoms with Crippen molar-refractivity contribution in [1.82, 2.24) is 0 Å². The van der Waals surface area contributed by atoms with E-state index in [0.29, 0.717) is 9.75 Å². The summed E-state index contributed by atoms with van der Waals surface area (Å²) in [7, 11) is 0. The van der Waals surface area contributed by atoms with Crippen LogP contribution < -0.4 is 0 Å². The largest absolute Gasteiger partial charge is 0.297 e. The molecule has 1 unspecified atom stereocenters. The lowest BCUT2D eigenvalue weighted by atomic mass is 9.61. The van der Waals surface area contributed by atoms with Gasteiger partial charge in [0, 0.05) is 19.5 Å². The number of thiophene rings is 3. The molecule has 11 rings (SSSR count). The fraction of sp³-hybridized carbons (Fsp3) is 0.0877. The van der Waals surface area contributed by atoms with E-state index < -0.39 is 10.8 Å². The number of carbonyl (C=O) groups is 2. The van der Waals surface area contributed by atoms with Crippen molar-refractivity contribution in [2.45, 2.75) is 31.6 Å². The SMILES string of the molecule is C=Cc1ccc(C2(c3ccc(C)cc3)c3cc(-c4ccc(C=O)s4)ccc3-c3sc4c(c32)C(c2ccc(C)cc2)(c2ccc(C)cc2)c2cc(-c3ccc(C=O)s3)ccc2-4)cc1. The van der Waals surface area contributed by atoms with Crippen LogP contribution in [0.3, 0.4) is 0 Å². The summed E-state index contributed by atoms with van der Waals surface area (Å²) in [6.45, 7) is 10.6. The molecule has 62 heavy (non-hydrogen) atoms. The molecular weight excluding hydrogens is 813 g/mol. The van der Waals surface area contributed by atoms with Crippen LogP contribution in [0.5, 0.6) is 0 Å². The summed E-state index contributed by atoms with van der Waals surface area (Å²) >= 11 is 4.98. The molecule has 2 aliphatic rings. The summed E-state index contributed by atoms with van der Waals surface area (Å²) in [4.78, 5) is 30.0. The average Bonchev–Trinajstić information content (AvgIpc) is 4.15. The highest BCUT2D eigenvalue weighted by atomic mass is 32.1. The molecule has 0 saturated carbocycles. The Morgan fingerprint density at radius 1 is 0.435 bits per heavy atom. The van der Waals surface area contributed by atoms with E-state index in [0.717, 1.165) is 39.0 Å². The van der Waals surface area contributed by atoms with E-state index in [2.05, 4.69) is 173 Å². The van der Waals surface area contributed by atoms with Crippen LogP contribution in [-0.2, 0) is 10.8 Å². The van der Waals surface area contributed by atoms with Gasteiger partial charge in [0.15, 0.2) is 12.6 Å². The quantitative estimate of drug-likeness (QED) is 0.136. The van der Waals surface area contributed by atoms with Crippen molar-refractivity contribution in [3.8, 4) is 41.8 Å². The summed E-state index contributed by atoms with van der Waals surface area (Å²) in [5.74, 6) is 0. The van der Waals surface area contributed by atoms with Crippen LogP contribution >= 0.6 is 34.0 Å². The van der Waals surface area contributed by atoms with Crippen LogP contribution in [0.1, 0.15) is 86.1 Å². The van der Waals surface area contributed by atoms with Crippen molar-refractivity contribution in [2.75, 3.05) is 0 Å². The Labute approximate surface area is 374 Å². The molecule has 6 aromatic carbocycles. The maximum Gasteiger partial charge on any atom is 0.160 e. The normalized spacial score (nSPS) is 15.4. The molecule has 0 bridgehead atoms. The lowest BCUT2D eigenvalue weighted by Crippen LogP contribution is -2.35. The molecule has 0 N–H and O–H groups in total. The number of benzene rings is 6. The molecule has 3 aromatic heterocycles. The van der Waals surface area contributed by atoms with Crippen LogP contribution in [-0.4, -0.2) is 12.6 Å². The van der Waals surface area contributed by atoms with Gasteiger partial charge in [-0.25, -0.2) is 0 Å². The Morgan fingerprint density at radius 2 is 0.806 bits per heavy atom. The lowest BCUT2D eigenvalue weighted by molar-refractivity contribution is 0.111. The number of aryl methyl sites for hydroxylation is 3. The van der Waals surface area contributed by atoms with Gasteiger partial charge in [-0.1, -0.05) is 151 Å². The Hall–Kier alpha value is -6.50. The molecule has 0 radical (unpaired) electrons. The molecule has 3 heterocycles. The van der Waals surface area contributed by atoms with Crippen molar-refractivity contribution in [3.63, 3.8) is 0 Å². The monoisotopic (exact) mass is 852 g/mol. The first-order chi connectivity index (χ1) is 30.3. The summed E-state index contributed by atoms with van der Waals surface area (Å²) in [6.07, 6.45) is 3.80. The number of hydrogen-bond acceptors (Lipinski definition) is 5. The van der Waals surface area contributed by atoms with Crippen LogP contribution in [0.25, 0.3) is 47.8 Å². The van der Waals surface area contributed by atoms with Crippen molar-refractivity contribution >= 4 is 52.7 Å². The summed E-state index contributed by atoms with van der Waals surface area (Å²) in [6, 6.07) is 58.5. The predicted octanol–water partition coefficient (Wildman–Crippen LogP) is 15.1. The van der Waals surface area contributed by atoms with Gasteiger partial charge in [-0.3, -0.25) is 9.59 Å². The zero-order chi connectivity index (χ0) is 42.3. The highest BCUT2D eigenvalue weighted by molar-refractivity contribution is 7.19. The van der Waals surface area contributed by atoms with Gasteiger partial charge in [-0.05, 0) is 129 Å². The van der Waals surface area contributed by atoms with E-state index in [9.17, 15) is 9.59 Å². The molecular formula is C57H40O2S3. The minimum Gasteiger partial charge on any atom is -0.297 e. The highest BCUT2D eigenvalue weighted by Crippen LogP contribution is 2.69. The average molecular weight is 853 g/mol. The number of hydrogen-bond donors (Lipinski definition) is 0. The molecule has 0 amide bonds. The van der Waals surface area contributed by atoms with Crippen LogP contribution in [0.2, 0.25) is 0 Å². The van der Waals surface area contributed by atoms with Gasteiger partial charge in [-0.15, -0.1) is 34.0 Å². The van der Waals surface area contributed by atoms with E-state index in [1.807, 2.05) is 29.5 Å². The first-order valence-electron chi connectivity index (χ1n) is 20.8. The molecule has 0 spiro atoms. The Balaban J connectivity index is 1.32. The fourth-order valence-corrected chi connectivity index (χ4v) is 13.3. The second kappa shape index (κ2) is 14.6. The van der Waals surface area contributed by atoms with Gasteiger partial charge in [-0.2, -0.15) is 0 Å². The Bertz CT molecular complexity index is 3200. The van der Waals surface area contributed by atoms with Crippen LogP contribution in [0.4, 0.5) is 0 Å². The summed E-state index contributed by atoms with van der Waals surface area (Å²) in [5.41, 5.74) is 17.8. The third kappa shape index (κ3) is 5.52. The molecule has 1 atom stereocenters. The molecule has 0 fully saturated rings. The standard InChI is InChI=1S/C57H40O2S3/c1-5-37-12-22-43(23-13-37)57(42-20-10-36(4)11-21-42)49-31-39(51-29-25-45(33-59)61-51)15-27-47(49)55-53(57)52-54(62-55)46-26-14-38(50-28-24-44(32-58)60-50)30-48(46)56(52,40-16-6-34(2)7-17-40)41-18-8-35(3)9-19-41/h5-33H,1H2,2-4H3. The summed E-state index contributed by atoms with van der Waals surface area (Å²) < 4.78 is 0. The van der Waals surface area contributed by atoms with Gasteiger partial charge in [0.2, 0.25) is 0 Å². The van der Waals surface area contributed by atoms with Crippen molar-refractivity contribution < 1.29 is 9.59 Å². The Morgan fingerprint density at radius 3 is 1.15 bits per heavy atom. The maximum absolute atomic E-state index is 11.9. The molecule has 2 nitrogen and oxygen atoms in total.